The molecule has 0 aromatic carbocycles. The molecule has 0 fully saturated rings. The van der Waals surface area contributed by atoms with Gasteiger partial charge in [0.2, 0.25) is 0 Å². The smallest absolute Gasteiger partial charge is 0.0369 e. The van der Waals surface area contributed by atoms with Crippen molar-refractivity contribution in [2.45, 2.75) is 33.2 Å². The molecule has 0 aromatic rings. The molecule has 0 heterocycles. The lowest BCUT2D eigenvalue weighted by atomic mass is 9.92. The maximum atomic E-state index is 4.09. The van der Waals surface area contributed by atoms with Gasteiger partial charge in [-0.25, -0.2) is 0 Å². The maximum absolute atomic E-state index is 4.09. The van der Waals surface area contributed by atoms with E-state index in [1.54, 1.807) is 0 Å². The van der Waals surface area contributed by atoms with Crippen LogP contribution in [0.1, 0.15) is 27.7 Å². The van der Waals surface area contributed by atoms with Gasteiger partial charge in [-0.15, -0.1) is 0 Å². The molecule has 1 N–H and O–H groups in total. The fraction of sp³-hybridized carbons (Fsp3) is 0.429. The van der Waals surface area contributed by atoms with Gasteiger partial charge in [0.25, 0.3) is 0 Å². The number of hydrogen-bond acceptors (Lipinski definition) is 1. The molecule has 0 rings (SSSR count). The Morgan fingerprint density at radius 1 is 1.33 bits per heavy atom. The van der Waals surface area contributed by atoms with Crippen LogP contribution in [0.5, 0.6) is 0 Å². The minimum Gasteiger partial charge on any atom is -0.311 e. The van der Waals surface area contributed by atoms with Crippen molar-refractivity contribution in [3.63, 3.8) is 0 Å². The highest BCUT2D eigenvalue weighted by atomic mass is 14.9. The predicted octanol–water partition coefficient (Wildman–Crippen LogP) is 3.62. The van der Waals surface area contributed by atoms with Crippen LogP contribution in [0.15, 0.2) is 48.1 Å². The van der Waals surface area contributed by atoms with Gasteiger partial charge in [-0.1, -0.05) is 31.4 Å². The molecule has 0 atom stereocenters. The van der Waals surface area contributed by atoms with Crippen molar-refractivity contribution in [2.24, 2.45) is 0 Å². The van der Waals surface area contributed by atoms with Crippen LogP contribution in [0.3, 0.4) is 0 Å². The summed E-state index contributed by atoms with van der Waals surface area (Å²) in [5.74, 6) is 0. The van der Waals surface area contributed by atoms with Crippen LogP contribution in [0, 0.1) is 0 Å². The standard InChI is InChI=1S/C14H23N/c1-8-11(3)13(9-2)10-12(4)14(5,6)15-7/h8-10,15H,2,4H2,1,3,5-7H3/b11-8-,13-10-. The van der Waals surface area contributed by atoms with E-state index in [0.717, 1.165) is 11.1 Å². The molecule has 0 bridgehead atoms. The van der Waals surface area contributed by atoms with Crippen molar-refractivity contribution in [1.82, 2.24) is 5.32 Å². The van der Waals surface area contributed by atoms with Crippen LogP contribution in [0.4, 0.5) is 0 Å². The van der Waals surface area contributed by atoms with Crippen molar-refractivity contribution < 1.29 is 0 Å². The Balaban J connectivity index is 5.03. The van der Waals surface area contributed by atoms with Gasteiger partial charge in [0, 0.05) is 5.54 Å². The van der Waals surface area contributed by atoms with Crippen molar-refractivity contribution >= 4 is 0 Å². The summed E-state index contributed by atoms with van der Waals surface area (Å²) in [4.78, 5) is 0. The lowest BCUT2D eigenvalue weighted by Crippen LogP contribution is -2.37. The summed E-state index contributed by atoms with van der Waals surface area (Å²) >= 11 is 0. The largest absolute Gasteiger partial charge is 0.311 e. The van der Waals surface area contributed by atoms with Crippen LogP contribution in [0.2, 0.25) is 0 Å². The average molecular weight is 205 g/mol. The van der Waals surface area contributed by atoms with Gasteiger partial charge in [0.1, 0.15) is 0 Å². The van der Waals surface area contributed by atoms with Crippen LogP contribution in [0.25, 0.3) is 0 Å². The summed E-state index contributed by atoms with van der Waals surface area (Å²) in [5.41, 5.74) is 3.33. The Bertz CT molecular complexity index is 303. The molecule has 0 saturated carbocycles. The third-order valence-corrected chi connectivity index (χ3v) is 2.87. The predicted molar refractivity (Wildman–Crippen MR) is 70.0 cm³/mol. The molecule has 0 amide bonds. The summed E-state index contributed by atoms with van der Waals surface area (Å²) in [6, 6.07) is 0. The summed E-state index contributed by atoms with van der Waals surface area (Å²) in [5, 5.41) is 3.23. The van der Waals surface area contributed by atoms with E-state index in [9.17, 15) is 0 Å². The Labute approximate surface area is 94.3 Å². The second-order valence-electron chi connectivity index (χ2n) is 4.18. The summed E-state index contributed by atoms with van der Waals surface area (Å²) in [6.45, 7) is 16.2. The molecule has 0 aliphatic rings. The molecule has 0 saturated heterocycles. The van der Waals surface area contributed by atoms with E-state index in [-0.39, 0.29) is 5.54 Å². The van der Waals surface area contributed by atoms with Gasteiger partial charge in [-0.2, -0.15) is 0 Å². The van der Waals surface area contributed by atoms with E-state index in [1.807, 2.05) is 20.0 Å². The van der Waals surface area contributed by atoms with Crippen LogP contribution < -0.4 is 5.32 Å². The second-order valence-corrected chi connectivity index (χ2v) is 4.18. The first-order chi connectivity index (χ1) is 6.88. The molecule has 0 aromatic heterocycles. The zero-order valence-corrected chi connectivity index (χ0v) is 10.6. The molecule has 0 aliphatic carbocycles. The zero-order chi connectivity index (χ0) is 12.1. The lowest BCUT2D eigenvalue weighted by molar-refractivity contribution is 0.508. The van der Waals surface area contributed by atoms with Crippen LogP contribution in [-0.2, 0) is 0 Å². The van der Waals surface area contributed by atoms with E-state index < -0.39 is 0 Å². The fourth-order valence-electron chi connectivity index (χ4n) is 1.03. The number of hydrogen-bond donors (Lipinski definition) is 1. The van der Waals surface area contributed by atoms with Crippen molar-refractivity contribution in [1.29, 1.82) is 0 Å². The van der Waals surface area contributed by atoms with E-state index in [2.05, 4.69) is 51.4 Å². The maximum Gasteiger partial charge on any atom is 0.0369 e. The van der Waals surface area contributed by atoms with Gasteiger partial charge < -0.3 is 5.32 Å². The molecule has 0 unspecified atom stereocenters. The van der Waals surface area contributed by atoms with Gasteiger partial charge in [0.05, 0.1) is 0 Å². The zero-order valence-electron chi connectivity index (χ0n) is 10.6. The van der Waals surface area contributed by atoms with Gasteiger partial charge in [0.15, 0.2) is 0 Å². The highest BCUT2D eigenvalue weighted by Gasteiger charge is 2.17. The molecule has 1 heteroatoms. The fourth-order valence-corrected chi connectivity index (χ4v) is 1.03. The van der Waals surface area contributed by atoms with Crippen molar-refractivity contribution in [3.05, 3.63) is 48.1 Å². The van der Waals surface area contributed by atoms with Crippen LogP contribution >= 0.6 is 0 Å². The number of nitrogens with one attached hydrogen (secondary N) is 1. The molecule has 0 aliphatic heterocycles. The van der Waals surface area contributed by atoms with E-state index in [0.29, 0.717) is 0 Å². The van der Waals surface area contributed by atoms with Crippen molar-refractivity contribution in [3.8, 4) is 0 Å². The highest BCUT2D eigenvalue weighted by Crippen LogP contribution is 2.19. The van der Waals surface area contributed by atoms with E-state index >= 15 is 0 Å². The SMILES string of the molecule is C=CC(=C/C(=C)C(C)(C)NC)/C(C)=C\C. The quantitative estimate of drug-likeness (QED) is 0.676. The molecule has 1 nitrogen and oxygen atoms in total. The third kappa shape index (κ3) is 3.88. The third-order valence-electron chi connectivity index (χ3n) is 2.87. The first-order valence-electron chi connectivity index (χ1n) is 5.24. The minimum atomic E-state index is -0.0811. The first kappa shape index (κ1) is 13.9. The summed E-state index contributed by atoms with van der Waals surface area (Å²) in [6.07, 6.45) is 6.03. The Morgan fingerprint density at radius 3 is 2.20 bits per heavy atom. The molecule has 84 valence electrons. The number of likely N-dealkylation sites (N-methyl/N-ethyl adjacent to an activating group) is 1. The van der Waals surface area contributed by atoms with E-state index in [1.165, 1.54) is 5.57 Å². The molecular weight excluding hydrogens is 182 g/mol. The molecule has 15 heavy (non-hydrogen) atoms. The van der Waals surface area contributed by atoms with Gasteiger partial charge in [-0.3, -0.25) is 0 Å². The monoisotopic (exact) mass is 205 g/mol. The number of rotatable bonds is 5. The lowest BCUT2D eigenvalue weighted by Gasteiger charge is -2.25. The van der Waals surface area contributed by atoms with Crippen LogP contribution in [-0.4, -0.2) is 12.6 Å². The summed E-state index contributed by atoms with van der Waals surface area (Å²) < 4.78 is 0. The minimum absolute atomic E-state index is 0.0811. The number of allylic oxidation sites excluding steroid dienone is 4. The van der Waals surface area contributed by atoms with Crippen molar-refractivity contribution in [2.75, 3.05) is 7.05 Å². The van der Waals surface area contributed by atoms with E-state index in [4.69, 9.17) is 0 Å². The Hall–Kier alpha value is -1.08. The van der Waals surface area contributed by atoms with Gasteiger partial charge >= 0.3 is 0 Å². The molecule has 0 radical (unpaired) electrons. The topological polar surface area (TPSA) is 12.0 Å². The first-order valence-corrected chi connectivity index (χ1v) is 5.24. The highest BCUT2D eigenvalue weighted by molar-refractivity contribution is 5.44. The second kappa shape index (κ2) is 5.72. The molecular formula is C14H23N. The Kier molecular flexibility index (Phi) is 5.31. The Morgan fingerprint density at radius 2 is 1.87 bits per heavy atom. The molecule has 0 spiro atoms. The summed E-state index contributed by atoms with van der Waals surface area (Å²) in [7, 11) is 1.94. The average Bonchev–Trinajstić information content (AvgIpc) is 2.24. The van der Waals surface area contributed by atoms with Gasteiger partial charge in [-0.05, 0) is 51.5 Å². The normalized spacial score (nSPS) is 13.9.